The van der Waals surface area contributed by atoms with E-state index in [-0.39, 0.29) is 35.3 Å². The maximum absolute atomic E-state index is 13.2. The number of fused-ring (bicyclic) bond motifs is 1. The number of carbonyl (C=O) groups excluding carboxylic acids is 2. The Bertz CT molecular complexity index is 916. The number of anilines is 1. The predicted molar refractivity (Wildman–Crippen MR) is 107 cm³/mol. The Balaban J connectivity index is 1.44. The highest BCUT2D eigenvalue weighted by molar-refractivity contribution is 7.89. The van der Waals surface area contributed by atoms with E-state index in [0.717, 1.165) is 25.7 Å². The van der Waals surface area contributed by atoms with Crippen LogP contribution >= 0.6 is 0 Å². The van der Waals surface area contributed by atoms with Crippen molar-refractivity contribution in [2.24, 2.45) is 5.92 Å². The first kappa shape index (κ1) is 20.2. The van der Waals surface area contributed by atoms with Gasteiger partial charge in [0.05, 0.1) is 10.6 Å². The van der Waals surface area contributed by atoms with Gasteiger partial charge in [-0.1, -0.05) is 12.8 Å². The molecule has 2 heterocycles. The third-order valence-corrected chi connectivity index (χ3v) is 8.09. The van der Waals surface area contributed by atoms with Gasteiger partial charge in [-0.15, -0.1) is 0 Å². The molecular weight excluding hydrogens is 394 g/mol. The number of hydrogen-bond donors (Lipinski definition) is 2. The van der Waals surface area contributed by atoms with Crippen LogP contribution in [0.25, 0.3) is 0 Å². The lowest BCUT2D eigenvalue weighted by atomic mass is 9.97. The molecule has 1 aromatic rings. The molecule has 158 valence electrons. The fourth-order valence-corrected chi connectivity index (χ4v) is 6.07. The predicted octanol–water partition coefficient (Wildman–Crippen LogP) is 1.79. The minimum absolute atomic E-state index is 0.0584. The Hall–Kier alpha value is -2.13. The minimum Gasteiger partial charge on any atom is -0.482 e. The topological polar surface area (TPSA) is 105 Å². The fraction of sp³-hybridized carbons (Fsp3) is 0.600. The van der Waals surface area contributed by atoms with Gasteiger partial charge in [0.25, 0.3) is 5.91 Å². The summed E-state index contributed by atoms with van der Waals surface area (Å²) in [6.07, 6.45) is 5.45. The van der Waals surface area contributed by atoms with Crippen LogP contribution in [-0.4, -0.2) is 50.3 Å². The van der Waals surface area contributed by atoms with E-state index in [1.807, 2.05) is 0 Å². The molecule has 1 aromatic carbocycles. The quantitative estimate of drug-likeness (QED) is 0.771. The highest BCUT2D eigenvalue weighted by atomic mass is 32.2. The highest BCUT2D eigenvalue weighted by Gasteiger charge is 2.34. The number of sulfonamides is 1. The molecule has 4 rings (SSSR count). The summed E-state index contributed by atoms with van der Waals surface area (Å²) in [6, 6.07) is 3.39. The second-order valence-electron chi connectivity index (χ2n) is 8.12. The zero-order chi connectivity index (χ0) is 20.6. The molecule has 0 aromatic heterocycles. The molecule has 9 heteroatoms. The van der Waals surface area contributed by atoms with Gasteiger partial charge >= 0.3 is 0 Å². The number of rotatable bonds is 4. The van der Waals surface area contributed by atoms with Crippen LogP contribution in [0, 0.1) is 12.8 Å². The lowest BCUT2D eigenvalue weighted by molar-refractivity contribution is -0.126. The van der Waals surface area contributed by atoms with Crippen LogP contribution in [0.3, 0.4) is 0 Å². The lowest BCUT2D eigenvalue weighted by Gasteiger charge is -2.32. The van der Waals surface area contributed by atoms with Crippen molar-refractivity contribution in [3.05, 3.63) is 17.7 Å². The van der Waals surface area contributed by atoms with Gasteiger partial charge in [-0.05, 0) is 44.2 Å². The third-order valence-electron chi connectivity index (χ3n) is 6.05. The maximum Gasteiger partial charge on any atom is 0.262 e. The summed E-state index contributed by atoms with van der Waals surface area (Å²) in [6.45, 7) is 2.21. The van der Waals surface area contributed by atoms with Crippen molar-refractivity contribution in [3.8, 4) is 5.75 Å². The average Bonchev–Trinajstić information content (AvgIpc) is 3.20. The van der Waals surface area contributed by atoms with E-state index >= 15 is 0 Å². The molecule has 2 fully saturated rings. The third kappa shape index (κ3) is 4.11. The summed E-state index contributed by atoms with van der Waals surface area (Å²) < 4.78 is 33.2. The molecule has 1 aliphatic carbocycles. The Labute approximate surface area is 171 Å². The van der Waals surface area contributed by atoms with Crippen molar-refractivity contribution in [1.29, 1.82) is 0 Å². The van der Waals surface area contributed by atoms with Crippen LogP contribution in [0.4, 0.5) is 5.69 Å². The number of nitrogens with one attached hydrogen (secondary N) is 2. The molecule has 2 N–H and O–H groups in total. The van der Waals surface area contributed by atoms with Gasteiger partial charge in [0.2, 0.25) is 15.9 Å². The van der Waals surface area contributed by atoms with Crippen molar-refractivity contribution in [2.75, 3.05) is 25.0 Å². The highest BCUT2D eigenvalue weighted by Crippen LogP contribution is 2.35. The van der Waals surface area contributed by atoms with Gasteiger partial charge < -0.3 is 15.4 Å². The molecule has 3 aliphatic rings. The van der Waals surface area contributed by atoms with E-state index in [4.69, 9.17) is 4.74 Å². The number of piperidine rings is 1. The summed E-state index contributed by atoms with van der Waals surface area (Å²) in [5, 5.41) is 5.81. The molecule has 29 heavy (non-hydrogen) atoms. The Morgan fingerprint density at radius 1 is 1.17 bits per heavy atom. The standard InChI is InChI=1S/C20H27N3O5S/c1-13-10-16-17(28-12-19(24)22-16)11-18(13)29(26,27)23-8-6-14(7-9-23)20(25)21-15-4-2-3-5-15/h10-11,14-15H,2-9,12H2,1H3,(H,21,25)(H,22,24). The van der Waals surface area contributed by atoms with Gasteiger partial charge in [-0.3, -0.25) is 9.59 Å². The largest absolute Gasteiger partial charge is 0.482 e. The number of benzene rings is 1. The van der Waals surface area contributed by atoms with Gasteiger partial charge in [0.15, 0.2) is 6.61 Å². The molecule has 2 aliphatic heterocycles. The van der Waals surface area contributed by atoms with Crippen LogP contribution in [0.2, 0.25) is 0 Å². The molecule has 0 radical (unpaired) electrons. The van der Waals surface area contributed by atoms with Crippen LogP contribution in [0.1, 0.15) is 44.1 Å². The lowest BCUT2D eigenvalue weighted by Crippen LogP contribution is -2.45. The summed E-state index contributed by atoms with van der Waals surface area (Å²) in [5.74, 6) is 0.0262. The summed E-state index contributed by atoms with van der Waals surface area (Å²) in [4.78, 5) is 24.1. The van der Waals surface area contributed by atoms with Gasteiger partial charge in [-0.25, -0.2) is 8.42 Å². The van der Waals surface area contributed by atoms with Gasteiger partial charge in [-0.2, -0.15) is 4.31 Å². The van der Waals surface area contributed by atoms with Gasteiger partial charge in [0, 0.05) is 31.1 Å². The number of carbonyl (C=O) groups is 2. The first-order valence-electron chi connectivity index (χ1n) is 10.2. The first-order valence-corrected chi connectivity index (χ1v) is 11.7. The summed E-state index contributed by atoms with van der Waals surface area (Å²) >= 11 is 0. The molecule has 0 spiro atoms. The molecule has 0 bridgehead atoms. The number of ether oxygens (including phenoxy) is 1. The van der Waals surface area contributed by atoms with Crippen molar-refractivity contribution in [3.63, 3.8) is 0 Å². The van der Waals surface area contributed by atoms with Crippen LogP contribution in [0.5, 0.6) is 5.75 Å². The van der Waals surface area contributed by atoms with E-state index in [9.17, 15) is 18.0 Å². The molecule has 2 amide bonds. The van der Waals surface area contributed by atoms with Crippen molar-refractivity contribution < 1.29 is 22.7 Å². The SMILES string of the molecule is Cc1cc2c(cc1S(=O)(=O)N1CCC(C(=O)NC3CCCC3)CC1)OCC(=O)N2. The second-order valence-corrected chi connectivity index (χ2v) is 10.0. The van der Waals surface area contributed by atoms with Crippen molar-refractivity contribution in [2.45, 2.75) is 56.4 Å². The monoisotopic (exact) mass is 421 g/mol. The summed E-state index contributed by atoms with van der Waals surface area (Å²) in [5.41, 5.74) is 1.04. The molecule has 0 atom stereocenters. The second kappa shape index (κ2) is 7.95. The molecule has 8 nitrogen and oxygen atoms in total. The summed E-state index contributed by atoms with van der Waals surface area (Å²) in [7, 11) is -3.70. The minimum atomic E-state index is -3.70. The number of nitrogens with zero attached hydrogens (tertiary/aromatic N) is 1. The number of amides is 2. The zero-order valence-corrected chi connectivity index (χ0v) is 17.4. The van der Waals surface area contributed by atoms with Gasteiger partial charge in [0.1, 0.15) is 5.75 Å². The van der Waals surface area contributed by atoms with E-state index in [1.165, 1.54) is 10.4 Å². The Morgan fingerprint density at radius 3 is 2.55 bits per heavy atom. The van der Waals surface area contributed by atoms with E-state index < -0.39 is 10.0 Å². The normalized spacial score (nSPS) is 21.3. The fourth-order valence-electron chi connectivity index (χ4n) is 4.38. The van der Waals surface area contributed by atoms with Crippen LogP contribution in [-0.2, 0) is 19.6 Å². The van der Waals surface area contributed by atoms with Crippen molar-refractivity contribution in [1.82, 2.24) is 9.62 Å². The first-order chi connectivity index (χ1) is 13.8. The van der Waals surface area contributed by atoms with E-state index in [1.54, 1.807) is 13.0 Å². The van der Waals surface area contributed by atoms with E-state index in [2.05, 4.69) is 10.6 Å². The smallest absolute Gasteiger partial charge is 0.262 e. The maximum atomic E-state index is 13.2. The Kier molecular flexibility index (Phi) is 5.52. The molecule has 1 saturated heterocycles. The Morgan fingerprint density at radius 2 is 1.86 bits per heavy atom. The average molecular weight is 422 g/mol. The van der Waals surface area contributed by atoms with E-state index in [0.29, 0.717) is 42.9 Å². The van der Waals surface area contributed by atoms with Crippen molar-refractivity contribution >= 4 is 27.5 Å². The number of aryl methyl sites for hydroxylation is 1. The molecule has 0 unspecified atom stereocenters. The zero-order valence-electron chi connectivity index (χ0n) is 16.6. The molecule has 1 saturated carbocycles. The van der Waals surface area contributed by atoms with Crippen LogP contribution < -0.4 is 15.4 Å². The molecular formula is C20H27N3O5S. The van der Waals surface area contributed by atoms with Crippen LogP contribution in [0.15, 0.2) is 17.0 Å². The number of hydrogen-bond acceptors (Lipinski definition) is 5.